The molecular formula is C14H16N2O2. The zero-order chi connectivity index (χ0) is 13.0. The fourth-order valence-electron chi connectivity index (χ4n) is 1.80. The number of hydrogen-bond acceptors (Lipinski definition) is 4. The molecule has 0 fully saturated rings. The van der Waals surface area contributed by atoms with Crippen molar-refractivity contribution in [2.24, 2.45) is 0 Å². The zero-order valence-corrected chi connectivity index (χ0v) is 10.5. The Hall–Kier alpha value is -2.23. The van der Waals surface area contributed by atoms with Gasteiger partial charge in [0.2, 0.25) is 0 Å². The summed E-state index contributed by atoms with van der Waals surface area (Å²) in [7, 11) is 3.25. The SMILES string of the molecule is COc1ccc(Cc2cnccc2N)cc1OC. The molecule has 18 heavy (non-hydrogen) atoms. The van der Waals surface area contributed by atoms with Gasteiger partial charge in [-0.2, -0.15) is 0 Å². The Bertz CT molecular complexity index is 541. The van der Waals surface area contributed by atoms with Gasteiger partial charge in [0.25, 0.3) is 0 Å². The van der Waals surface area contributed by atoms with Gasteiger partial charge in [0.1, 0.15) is 0 Å². The van der Waals surface area contributed by atoms with Crippen molar-refractivity contribution in [1.82, 2.24) is 4.98 Å². The van der Waals surface area contributed by atoms with E-state index in [1.54, 1.807) is 32.7 Å². The van der Waals surface area contributed by atoms with Crippen LogP contribution in [-0.4, -0.2) is 19.2 Å². The number of nitrogens with two attached hydrogens (primary N) is 1. The Morgan fingerprint density at radius 2 is 1.89 bits per heavy atom. The summed E-state index contributed by atoms with van der Waals surface area (Å²) in [6.07, 6.45) is 4.19. The van der Waals surface area contributed by atoms with Crippen LogP contribution in [0, 0.1) is 0 Å². The van der Waals surface area contributed by atoms with Crippen LogP contribution < -0.4 is 15.2 Å². The Balaban J connectivity index is 2.27. The Labute approximate surface area is 106 Å². The number of benzene rings is 1. The Kier molecular flexibility index (Phi) is 3.67. The second kappa shape index (κ2) is 5.40. The third kappa shape index (κ3) is 2.53. The van der Waals surface area contributed by atoms with E-state index in [4.69, 9.17) is 15.2 Å². The molecule has 0 amide bonds. The predicted octanol–water partition coefficient (Wildman–Crippen LogP) is 2.27. The van der Waals surface area contributed by atoms with Gasteiger partial charge in [-0.15, -0.1) is 0 Å². The summed E-state index contributed by atoms with van der Waals surface area (Å²) in [6.45, 7) is 0. The third-order valence-electron chi connectivity index (χ3n) is 2.78. The molecule has 2 aromatic rings. The molecule has 0 saturated carbocycles. The van der Waals surface area contributed by atoms with Gasteiger partial charge < -0.3 is 15.2 Å². The molecule has 4 heteroatoms. The molecule has 0 aliphatic rings. The van der Waals surface area contributed by atoms with Crippen LogP contribution in [0.15, 0.2) is 36.7 Å². The van der Waals surface area contributed by atoms with Crippen molar-refractivity contribution >= 4 is 5.69 Å². The van der Waals surface area contributed by atoms with Crippen molar-refractivity contribution in [3.8, 4) is 11.5 Å². The standard InChI is InChI=1S/C14H16N2O2/c1-17-13-4-3-10(8-14(13)18-2)7-11-9-16-6-5-12(11)15/h3-6,8-9H,7H2,1-2H3,(H2,15,16). The summed E-state index contributed by atoms with van der Waals surface area (Å²) in [6, 6.07) is 7.63. The summed E-state index contributed by atoms with van der Waals surface area (Å²) in [5, 5.41) is 0. The van der Waals surface area contributed by atoms with Crippen molar-refractivity contribution in [2.75, 3.05) is 20.0 Å². The molecule has 0 unspecified atom stereocenters. The van der Waals surface area contributed by atoms with Gasteiger partial charge in [-0.05, 0) is 29.3 Å². The molecular weight excluding hydrogens is 228 g/mol. The van der Waals surface area contributed by atoms with E-state index in [0.717, 1.165) is 34.7 Å². The van der Waals surface area contributed by atoms with Crippen LogP contribution in [0.25, 0.3) is 0 Å². The average molecular weight is 244 g/mol. The first kappa shape index (κ1) is 12.2. The lowest BCUT2D eigenvalue weighted by Gasteiger charge is -2.10. The third-order valence-corrected chi connectivity index (χ3v) is 2.78. The second-order valence-electron chi connectivity index (χ2n) is 3.94. The molecule has 1 aromatic heterocycles. The summed E-state index contributed by atoms with van der Waals surface area (Å²) in [4.78, 5) is 4.08. The highest BCUT2D eigenvalue weighted by molar-refractivity contribution is 5.49. The maximum atomic E-state index is 5.90. The summed E-state index contributed by atoms with van der Waals surface area (Å²) in [5.41, 5.74) is 8.76. The molecule has 0 radical (unpaired) electrons. The monoisotopic (exact) mass is 244 g/mol. The maximum Gasteiger partial charge on any atom is 0.160 e. The Morgan fingerprint density at radius 3 is 2.56 bits per heavy atom. The first-order chi connectivity index (χ1) is 8.74. The van der Waals surface area contributed by atoms with E-state index in [1.165, 1.54) is 0 Å². The maximum absolute atomic E-state index is 5.90. The minimum Gasteiger partial charge on any atom is -0.493 e. The number of aromatic nitrogens is 1. The quantitative estimate of drug-likeness (QED) is 0.896. The molecule has 4 nitrogen and oxygen atoms in total. The van der Waals surface area contributed by atoms with Crippen molar-refractivity contribution in [2.45, 2.75) is 6.42 Å². The average Bonchev–Trinajstić information content (AvgIpc) is 2.41. The lowest BCUT2D eigenvalue weighted by molar-refractivity contribution is 0.354. The lowest BCUT2D eigenvalue weighted by atomic mass is 10.0. The van der Waals surface area contributed by atoms with E-state index >= 15 is 0 Å². The fraction of sp³-hybridized carbons (Fsp3) is 0.214. The number of methoxy groups -OCH3 is 2. The highest BCUT2D eigenvalue weighted by Crippen LogP contribution is 2.28. The van der Waals surface area contributed by atoms with Crippen LogP contribution >= 0.6 is 0 Å². The molecule has 0 aliphatic heterocycles. The van der Waals surface area contributed by atoms with Crippen molar-refractivity contribution in [3.05, 3.63) is 47.8 Å². The van der Waals surface area contributed by atoms with Gasteiger partial charge in [0.15, 0.2) is 11.5 Å². The van der Waals surface area contributed by atoms with Crippen molar-refractivity contribution < 1.29 is 9.47 Å². The molecule has 0 atom stereocenters. The number of ether oxygens (including phenoxy) is 2. The molecule has 94 valence electrons. The molecule has 2 N–H and O–H groups in total. The summed E-state index contributed by atoms with van der Waals surface area (Å²) in [5.74, 6) is 1.44. The van der Waals surface area contributed by atoms with E-state index in [9.17, 15) is 0 Å². The molecule has 0 saturated heterocycles. The molecule has 0 aliphatic carbocycles. The lowest BCUT2D eigenvalue weighted by Crippen LogP contribution is -1.97. The molecule has 0 bridgehead atoms. The Morgan fingerprint density at radius 1 is 1.11 bits per heavy atom. The number of hydrogen-bond donors (Lipinski definition) is 1. The van der Waals surface area contributed by atoms with Gasteiger partial charge in [-0.3, -0.25) is 4.98 Å². The summed E-state index contributed by atoms with van der Waals surface area (Å²) >= 11 is 0. The first-order valence-corrected chi connectivity index (χ1v) is 5.64. The number of nitrogen functional groups attached to an aromatic ring is 1. The van der Waals surface area contributed by atoms with Crippen LogP contribution in [-0.2, 0) is 6.42 Å². The number of anilines is 1. The predicted molar refractivity (Wildman–Crippen MR) is 71.0 cm³/mol. The van der Waals surface area contributed by atoms with Crippen molar-refractivity contribution in [3.63, 3.8) is 0 Å². The highest BCUT2D eigenvalue weighted by Gasteiger charge is 2.06. The van der Waals surface area contributed by atoms with Crippen molar-refractivity contribution in [1.29, 1.82) is 0 Å². The topological polar surface area (TPSA) is 57.4 Å². The number of nitrogens with zero attached hydrogens (tertiary/aromatic N) is 1. The largest absolute Gasteiger partial charge is 0.493 e. The number of rotatable bonds is 4. The first-order valence-electron chi connectivity index (χ1n) is 5.64. The smallest absolute Gasteiger partial charge is 0.160 e. The number of pyridine rings is 1. The van der Waals surface area contributed by atoms with E-state index in [2.05, 4.69) is 4.98 Å². The van der Waals surface area contributed by atoms with Crippen LogP contribution in [0.5, 0.6) is 11.5 Å². The molecule has 2 rings (SSSR count). The van der Waals surface area contributed by atoms with Gasteiger partial charge >= 0.3 is 0 Å². The van der Waals surface area contributed by atoms with Crippen LogP contribution in [0.4, 0.5) is 5.69 Å². The fourth-order valence-corrected chi connectivity index (χ4v) is 1.80. The highest BCUT2D eigenvalue weighted by atomic mass is 16.5. The zero-order valence-electron chi connectivity index (χ0n) is 10.5. The minimum atomic E-state index is 0.720. The van der Waals surface area contributed by atoms with Gasteiger partial charge in [0, 0.05) is 24.5 Å². The van der Waals surface area contributed by atoms with Gasteiger partial charge in [-0.25, -0.2) is 0 Å². The van der Waals surface area contributed by atoms with Gasteiger partial charge in [0.05, 0.1) is 14.2 Å². The van der Waals surface area contributed by atoms with Crippen LogP contribution in [0.3, 0.4) is 0 Å². The summed E-state index contributed by atoms with van der Waals surface area (Å²) < 4.78 is 10.5. The van der Waals surface area contributed by atoms with Crippen LogP contribution in [0.1, 0.15) is 11.1 Å². The van der Waals surface area contributed by atoms with E-state index < -0.39 is 0 Å². The van der Waals surface area contributed by atoms with E-state index in [0.29, 0.717) is 0 Å². The van der Waals surface area contributed by atoms with Crippen LogP contribution in [0.2, 0.25) is 0 Å². The van der Waals surface area contributed by atoms with E-state index in [1.807, 2.05) is 18.2 Å². The minimum absolute atomic E-state index is 0.720. The normalized spacial score (nSPS) is 10.1. The second-order valence-corrected chi connectivity index (χ2v) is 3.94. The molecule has 1 aromatic carbocycles. The molecule has 1 heterocycles. The van der Waals surface area contributed by atoms with E-state index in [-0.39, 0.29) is 0 Å². The van der Waals surface area contributed by atoms with Gasteiger partial charge in [-0.1, -0.05) is 6.07 Å². The molecule has 0 spiro atoms.